The van der Waals surface area contributed by atoms with Gasteiger partial charge < -0.3 is 5.32 Å². The Morgan fingerprint density at radius 2 is 1.89 bits per heavy atom. The summed E-state index contributed by atoms with van der Waals surface area (Å²) in [4.78, 5) is 0. The van der Waals surface area contributed by atoms with Gasteiger partial charge in [0.25, 0.3) is 0 Å². The van der Waals surface area contributed by atoms with E-state index in [1.54, 1.807) is 12.3 Å². The molecule has 1 nitrogen and oxygen atoms in total. The van der Waals surface area contributed by atoms with Crippen molar-refractivity contribution in [2.24, 2.45) is 0 Å². The highest BCUT2D eigenvalue weighted by Crippen LogP contribution is 2.29. The van der Waals surface area contributed by atoms with Crippen LogP contribution in [-0.2, 0) is 12.6 Å². The molecule has 1 aromatic rings. The van der Waals surface area contributed by atoms with Gasteiger partial charge in [-0.15, -0.1) is 0 Å². The van der Waals surface area contributed by atoms with E-state index >= 15 is 0 Å². The zero-order valence-corrected chi connectivity index (χ0v) is 9.54. The number of nitrogens with one attached hydrogen (secondary N) is 1. The van der Waals surface area contributed by atoms with Crippen LogP contribution in [0.25, 0.3) is 0 Å². The van der Waals surface area contributed by atoms with Crippen molar-refractivity contribution in [3.05, 3.63) is 71.6 Å². The Balaban J connectivity index is 2.17. The highest BCUT2D eigenvalue weighted by Gasteiger charge is 2.30. The number of hydrogen-bond acceptors (Lipinski definition) is 1. The monoisotopic (exact) mass is 251 g/mol. The number of allylic oxidation sites excluding steroid dienone is 5. The van der Waals surface area contributed by atoms with Gasteiger partial charge in [0.05, 0.1) is 5.56 Å². The summed E-state index contributed by atoms with van der Waals surface area (Å²) < 4.78 is 37.7. The van der Waals surface area contributed by atoms with Crippen molar-refractivity contribution >= 4 is 0 Å². The molecule has 0 aromatic heterocycles. The van der Waals surface area contributed by atoms with Crippen molar-refractivity contribution in [3.8, 4) is 0 Å². The van der Waals surface area contributed by atoms with Gasteiger partial charge >= 0.3 is 6.18 Å². The molecule has 1 aromatic carbocycles. The molecule has 0 fully saturated rings. The van der Waals surface area contributed by atoms with Crippen LogP contribution in [0.3, 0.4) is 0 Å². The summed E-state index contributed by atoms with van der Waals surface area (Å²) in [5.74, 6) is 0. The summed E-state index contributed by atoms with van der Waals surface area (Å²) in [5, 5.41) is 3.03. The lowest BCUT2D eigenvalue weighted by Gasteiger charge is -2.10. The zero-order valence-electron chi connectivity index (χ0n) is 9.54. The second-order valence-electron chi connectivity index (χ2n) is 3.96. The van der Waals surface area contributed by atoms with Gasteiger partial charge in [-0.3, -0.25) is 0 Å². The standard InChI is InChI=1S/C14H12F3N/c15-14(16,17)12-6-4-5-11(9-12)10-13-7-2-1-3-8-18-13/h1-9,18H,10H2. The van der Waals surface area contributed by atoms with E-state index in [1.807, 2.05) is 24.3 Å². The molecule has 0 spiro atoms. The average molecular weight is 251 g/mol. The first-order valence-electron chi connectivity index (χ1n) is 5.51. The predicted molar refractivity (Wildman–Crippen MR) is 64.6 cm³/mol. The predicted octanol–water partition coefficient (Wildman–Crippen LogP) is 3.80. The minimum absolute atomic E-state index is 0.443. The van der Waals surface area contributed by atoms with E-state index < -0.39 is 11.7 Å². The fraction of sp³-hybridized carbons (Fsp3) is 0.143. The summed E-state index contributed by atoms with van der Waals surface area (Å²) >= 11 is 0. The maximum Gasteiger partial charge on any atom is 0.416 e. The third-order valence-electron chi connectivity index (χ3n) is 2.53. The van der Waals surface area contributed by atoms with Gasteiger partial charge in [0.15, 0.2) is 0 Å². The molecule has 1 N–H and O–H groups in total. The smallest absolute Gasteiger partial charge is 0.365 e. The van der Waals surface area contributed by atoms with Gasteiger partial charge in [-0.1, -0.05) is 30.4 Å². The van der Waals surface area contributed by atoms with Crippen molar-refractivity contribution in [2.75, 3.05) is 0 Å². The van der Waals surface area contributed by atoms with E-state index in [0.29, 0.717) is 12.0 Å². The van der Waals surface area contributed by atoms with Crippen LogP contribution in [0.2, 0.25) is 0 Å². The molecule has 1 aliphatic rings. The third kappa shape index (κ3) is 3.26. The first-order valence-corrected chi connectivity index (χ1v) is 5.51. The molecule has 0 bridgehead atoms. The van der Waals surface area contributed by atoms with E-state index in [4.69, 9.17) is 0 Å². The summed E-state index contributed by atoms with van der Waals surface area (Å²) in [6.07, 6.45) is 5.28. The molecular formula is C14H12F3N. The molecule has 0 unspecified atom stereocenters. The Hall–Kier alpha value is -1.97. The van der Waals surface area contributed by atoms with Crippen LogP contribution in [0, 0.1) is 0 Å². The molecule has 0 saturated carbocycles. The molecule has 0 atom stereocenters. The minimum atomic E-state index is -4.29. The normalized spacial score (nSPS) is 14.9. The second kappa shape index (κ2) is 5.12. The topological polar surface area (TPSA) is 12.0 Å². The van der Waals surface area contributed by atoms with Gasteiger partial charge in [-0.25, -0.2) is 0 Å². The molecule has 1 heterocycles. The lowest BCUT2D eigenvalue weighted by atomic mass is 10.1. The highest BCUT2D eigenvalue weighted by atomic mass is 19.4. The fourth-order valence-electron chi connectivity index (χ4n) is 1.68. The quantitative estimate of drug-likeness (QED) is 0.842. The fourth-order valence-corrected chi connectivity index (χ4v) is 1.68. The molecule has 94 valence electrons. The van der Waals surface area contributed by atoms with Gasteiger partial charge in [0.2, 0.25) is 0 Å². The average Bonchev–Trinajstić information content (AvgIpc) is 2.57. The van der Waals surface area contributed by atoms with Gasteiger partial charge in [0.1, 0.15) is 0 Å². The van der Waals surface area contributed by atoms with Gasteiger partial charge in [-0.05, 0) is 23.8 Å². The van der Waals surface area contributed by atoms with E-state index in [1.165, 1.54) is 12.1 Å². The maximum atomic E-state index is 12.6. The summed E-state index contributed by atoms with van der Waals surface area (Å²) in [6.45, 7) is 0. The number of halogens is 3. The molecule has 0 saturated heterocycles. The second-order valence-corrected chi connectivity index (χ2v) is 3.96. The molecule has 0 aliphatic carbocycles. The van der Waals surface area contributed by atoms with Crippen LogP contribution in [0.1, 0.15) is 11.1 Å². The lowest BCUT2D eigenvalue weighted by molar-refractivity contribution is -0.137. The molecule has 0 amide bonds. The summed E-state index contributed by atoms with van der Waals surface area (Å²) in [5.41, 5.74) is 0.881. The van der Waals surface area contributed by atoms with Gasteiger partial charge in [0, 0.05) is 18.3 Å². The summed E-state index contributed by atoms with van der Waals surface area (Å²) in [6, 6.07) is 5.39. The van der Waals surface area contributed by atoms with Gasteiger partial charge in [-0.2, -0.15) is 13.2 Å². The Morgan fingerprint density at radius 1 is 1.06 bits per heavy atom. The highest BCUT2D eigenvalue weighted by molar-refractivity contribution is 5.31. The SMILES string of the molecule is FC(F)(F)c1cccc(CC2=CC=CC=CN2)c1. The van der Waals surface area contributed by atoms with Crippen LogP contribution < -0.4 is 5.32 Å². The Kier molecular flexibility index (Phi) is 3.55. The number of rotatable bonds is 2. The molecule has 4 heteroatoms. The number of benzene rings is 1. The van der Waals surface area contributed by atoms with E-state index in [0.717, 1.165) is 11.8 Å². The Labute approximate surface area is 103 Å². The first-order chi connectivity index (χ1) is 8.55. The largest absolute Gasteiger partial charge is 0.416 e. The van der Waals surface area contributed by atoms with Crippen molar-refractivity contribution in [2.45, 2.75) is 12.6 Å². The summed E-state index contributed by atoms with van der Waals surface area (Å²) in [7, 11) is 0. The number of alkyl halides is 3. The number of hydrogen-bond donors (Lipinski definition) is 1. The van der Waals surface area contributed by atoms with Crippen molar-refractivity contribution in [1.29, 1.82) is 0 Å². The molecule has 1 aliphatic heterocycles. The first kappa shape index (κ1) is 12.5. The minimum Gasteiger partial charge on any atom is -0.365 e. The van der Waals surface area contributed by atoms with Crippen molar-refractivity contribution in [3.63, 3.8) is 0 Å². The van der Waals surface area contributed by atoms with Crippen molar-refractivity contribution < 1.29 is 13.2 Å². The molecular weight excluding hydrogens is 239 g/mol. The van der Waals surface area contributed by atoms with Crippen LogP contribution in [0.4, 0.5) is 13.2 Å². The lowest BCUT2D eigenvalue weighted by Crippen LogP contribution is -2.09. The van der Waals surface area contributed by atoms with Crippen molar-refractivity contribution in [1.82, 2.24) is 5.32 Å². The van der Waals surface area contributed by atoms with Crippen LogP contribution in [-0.4, -0.2) is 0 Å². The maximum absolute atomic E-state index is 12.6. The van der Waals surface area contributed by atoms with Crippen LogP contribution >= 0.6 is 0 Å². The van der Waals surface area contributed by atoms with E-state index in [-0.39, 0.29) is 0 Å². The molecule has 18 heavy (non-hydrogen) atoms. The molecule has 0 radical (unpaired) electrons. The molecule has 2 rings (SSSR count). The van der Waals surface area contributed by atoms with E-state index in [2.05, 4.69) is 5.32 Å². The Bertz CT molecular complexity index is 510. The Morgan fingerprint density at radius 3 is 2.67 bits per heavy atom. The van der Waals surface area contributed by atoms with Crippen LogP contribution in [0.5, 0.6) is 0 Å². The van der Waals surface area contributed by atoms with E-state index in [9.17, 15) is 13.2 Å². The zero-order chi connectivity index (χ0) is 13.0. The van der Waals surface area contributed by atoms with Crippen LogP contribution in [0.15, 0.2) is 60.5 Å². The third-order valence-corrected chi connectivity index (χ3v) is 2.53.